The van der Waals surface area contributed by atoms with E-state index in [1.54, 1.807) is 0 Å². The summed E-state index contributed by atoms with van der Waals surface area (Å²) in [5.74, 6) is 0.755. The molecule has 1 aromatic carbocycles. The van der Waals surface area contributed by atoms with Crippen LogP contribution in [0.1, 0.15) is 19.8 Å². The number of aryl methyl sites for hydroxylation is 1. The molecule has 1 aliphatic rings. The molecule has 1 fully saturated rings. The number of nitro groups is 1. The van der Waals surface area contributed by atoms with Crippen molar-refractivity contribution in [3.05, 3.63) is 25.1 Å². The number of imidazole rings is 1. The van der Waals surface area contributed by atoms with E-state index in [1.165, 1.54) is 0 Å². The summed E-state index contributed by atoms with van der Waals surface area (Å²) in [7, 11) is 0. The molecule has 0 spiro atoms. The first kappa shape index (κ1) is 19.4. The van der Waals surface area contributed by atoms with Crippen molar-refractivity contribution >= 4 is 66.9 Å². The molecule has 7 nitrogen and oxygen atoms in total. The number of nitrogens with two attached hydrogens (primary N) is 1. The van der Waals surface area contributed by atoms with Crippen LogP contribution in [0.3, 0.4) is 0 Å². The summed E-state index contributed by atoms with van der Waals surface area (Å²) in [5, 5.41) is 11.5. The molecule has 1 atom stereocenters. The van der Waals surface area contributed by atoms with Crippen LogP contribution in [0.4, 0.5) is 11.6 Å². The molecule has 1 aromatic heterocycles. The first-order valence-corrected chi connectivity index (χ1v) is 9.05. The third kappa shape index (κ3) is 3.26. The Kier molecular flexibility index (Phi) is 6.11. The van der Waals surface area contributed by atoms with Crippen molar-refractivity contribution in [3.8, 4) is 0 Å². The van der Waals surface area contributed by atoms with Gasteiger partial charge in [0, 0.05) is 30.1 Å². The zero-order valence-electron chi connectivity index (χ0n) is 13.0. The molecule has 0 aliphatic carbocycles. The van der Waals surface area contributed by atoms with Crippen molar-refractivity contribution in [1.82, 2.24) is 9.55 Å². The average molecular weight is 484 g/mol. The van der Waals surface area contributed by atoms with Gasteiger partial charge in [0.2, 0.25) is 5.95 Å². The van der Waals surface area contributed by atoms with Crippen molar-refractivity contribution in [2.24, 2.45) is 5.73 Å². The Hall–Kier alpha value is -0.900. The first-order valence-electron chi connectivity index (χ1n) is 7.47. The summed E-state index contributed by atoms with van der Waals surface area (Å²) in [4.78, 5) is 17.8. The number of hydrogen-bond donors (Lipinski definition) is 1. The molecule has 0 amide bonds. The highest BCUT2D eigenvalue weighted by molar-refractivity contribution is 9.13. The molecule has 2 N–H and O–H groups in total. The Balaban J connectivity index is 0.00000208. The third-order valence-corrected chi connectivity index (χ3v) is 6.09. The lowest BCUT2D eigenvalue weighted by Gasteiger charge is -2.31. The van der Waals surface area contributed by atoms with Gasteiger partial charge in [-0.25, -0.2) is 4.98 Å². The fraction of sp³-hybridized carbons (Fsp3) is 0.500. The van der Waals surface area contributed by atoms with Gasteiger partial charge in [0.25, 0.3) is 0 Å². The molecule has 3 rings (SSSR count). The lowest BCUT2D eigenvalue weighted by Crippen LogP contribution is -2.43. The van der Waals surface area contributed by atoms with Gasteiger partial charge in [0.15, 0.2) is 5.52 Å². The predicted octanol–water partition coefficient (Wildman–Crippen LogP) is 3.84. The van der Waals surface area contributed by atoms with Crippen LogP contribution < -0.4 is 10.6 Å². The third-order valence-electron chi connectivity index (χ3n) is 4.13. The maximum atomic E-state index is 11.5. The smallest absolute Gasteiger partial charge is 0.312 e. The van der Waals surface area contributed by atoms with Crippen LogP contribution in [-0.2, 0) is 6.54 Å². The van der Waals surface area contributed by atoms with E-state index in [0.717, 1.165) is 37.4 Å². The van der Waals surface area contributed by atoms with Gasteiger partial charge in [-0.15, -0.1) is 12.4 Å². The first-order chi connectivity index (χ1) is 10.9. The summed E-state index contributed by atoms with van der Waals surface area (Å²) in [6, 6.07) is 1.98. The monoisotopic (exact) mass is 481 g/mol. The highest BCUT2D eigenvalue weighted by atomic mass is 79.9. The minimum Gasteiger partial charge on any atom is -0.341 e. The minimum absolute atomic E-state index is 0. The summed E-state index contributed by atoms with van der Waals surface area (Å²) in [6.45, 7) is 4.28. The Morgan fingerprint density at radius 1 is 1.50 bits per heavy atom. The number of piperidine rings is 1. The average Bonchev–Trinajstić information content (AvgIpc) is 2.85. The van der Waals surface area contributed by atoms with Crippen molar-refractivity contribution in [2.45, 2.75) is 32.4 Å². The molecular formula is C14H18Br2ClN5O2. The van der Waals surface area contributed by atoms with Crippen LogP contribution >= 0.6 is 44.3 Å². The largest absolute Gasteiger partial charge is 0.341 e. The highest BCUT2D eigenvalue weighted by Gasteiger charge is 2.28. The topological polar surface area (TPSA) is 90.2 Å². The van der Waals surface area contributed by atoms with E-state index in [4.69, 9.17) is 5.73 Å². The zero-order chi connectivity index (χ0) is 16.7. The molecule has 0 radical (unpaired) electrons. The van der Waals surface area contributed by atoms with Crippen molar-refractivity contribution < 1.29 is 4.92 Å². The fourth-order valence-electron chi connectivity index (χ4n) is 3.09. The van der Waals surface area contributed by atoms with Gasteiger partial charge < -0.3 is 15.2 Å². The van der Waals surface area contributed by atoms with Crippen LogP contribution in [0.5, 0.6) is 0 Å². The second kappa shape index (κ2) is 7.55. The minimum atomic E-state index is -0.393. The number of benzene rings is 1. The van der Waals surface area contributed by atoms with Crippen LogP contribution in [0.25, 0.3) is 11.0 Å². The molecule has 1 aliphatic heterocycles. The van der Waals surface area contributed by atoms with Crippen LogP contribution in [0.2, 0.25) is 0 Å². The van der Waals surface area contributed by atoms with E-state index in [2.05, 4.69) is 41.7 Å². The summed E-state index contributed by atoms with van der Waals surface area (Å²) in [5.41, 5.74) is 7.22. The number of nitrogens with zero attached hydrogens (tertiary/aromatic N) is 4. The van der Waals surface area contributed by atoms with Crippen LogP contribution in [-0.4, -0.2) is 33.6 Å². The molecule has 2 heterocycles. The van der Waals surface area contributed by atoms with E-state index in [0.29, 0.717) is 21.0 Å². The highest BCUT2D eigenvalue weighted by Crippen LogP contribution is 2.40. The SMILES string of the molecule is CCn1c(N2CCC[C@H](N)C2)nc2c([N+](=O)[O-])c(Br)c(Br)cc21.Cl. The molecular weight excluding hydrogens is 465 g/mol. The van der Waals surface area contributed by atoms with Gasteiger partial charge in [-0.1, -0.05) is 0 Å². The Morgan fingerprint density at radius 2 is 2.21 bits per heavy atom. The lowest BCUT2D eigenvalue weighted by molar-refractivity contribution is -0.384. The Morgan fingerprint density at radius 3 is 2.79 bits per heavy atom. The van der Waals surface area contributed by atoms with E-state index < -0.39 is 4.92 Å². The molecule has 0 saturated carbocycles. The second-order valence-electron chi connectivity index (χ2n) is 5.65. The van der Waals surface area contributed by atoms with E-state index in [-0.39, 0.29) is 24.1 Å². The quantitative estimate of drug-likeness (QED) is 0.529. The van der Waals surface area contributed by atoms with Crippen molar-refractivity contribution in [2.75, 3.05) is 18.0 Å². The number of halogens is 3. The molecule has 10 heteroatoms. The Labute approximate surface area is 162 Å². The summed E-state index contributed by atoms with van der Waals surface area (Å²) < 4.78 is 3.07. The molecule has 0 bridgehead atoms. The number of rotatable bonds is 3. The standard InChI is InChI=1S/C14H17Br2N5O2.ClH/c1-2-20-10-6-9(15)11(16)13(21(22)23)12(10)18-14(20)19-5-3-4-8(17)7-19;/h6,8H,2-5,7,17H2,1H3;1H/t8-;/m0./s1. The van der Waals surface area contributed by atoms with E-state index >= 15 is 0 Å². The van der Waals surface area contributed by atoms with E-state index in [9.17, 15) is 10.1 Å². The van der Waals surface area contributed by atoms with Gasteiger partial charge in [-0.2, -0.15) is 0 Å². The van der Waals surface area contributed by atoms with Gasteiger partial charge in [0.1, 0.15) is 4.47 Å². The van der Waals surface area contributed by atoms with Gasteiger partial charge >= 0.3 is 5.69 Å². The molecule has 132 valence electrons. The zero-order valence-corrected chi connectivity index (χ0v) is 17.0. The lowest BCUT2D eigenvalue weighted by atomic mass is 10.1. The van der Waals surface area contributed by atoms with Gasteiger partial charge in [-0.05, 0) is 57.7 Å². The maximum absolute atomic E-state index is 11.5. The fourth-order valence-corrected chi connectivity index (χ4v) is 3.94. The molecule has 1 saturated heterocycles. The number of aromatic nitrogens is 2. The van der Waals surface area contributed by atoms with Crippen molar-refractivity contribution in [3.63, 3.8) is 0 Å². The van der Waals surface area contributed by atoms with Gasteiger partial charge in [0.05, 0.1) is 10.4 Å². The number of anilines is 1. The molecule has 2 aromatic rings. The number of nitro benzene ring substituents is 1. The maximum Gasteiger partial charge on any atom is 0.312 e. The van der Waals surface area contributed by atoms with Crippen molar-refractivity contribution in [1.29, 1.82) is 0 Å². The predicted molar refractivity (Wildman–Crippen MR) is 104 cm³/mol. The van der Waals surface area contributed by atoms with Gasteiger partial charge in [-0.3, -0.25) is 10.1 Å². The van der Waals surface area contributed by atoms with E-state index in [1.807, 2.05) is 17.6 Å². The number of fused-ring (bicyclic) bond motifs is 1. The molecule has 0 unspecified atom stereocenters. The molecule has 24 heavy (non-hydrogen) atoms. The second-order valence-corrected chi connectivity index (χ2v) is 7.30. The normalized spacial score (nSPS) is 17.8. The number of hydrogen-bond acceptors (Lipinski definition) is 5. The summed E-state index contributed by atoms with van der Waals surface area (Å²) >= 11 is 6.68. The summed E-state index contributed by atoms with van der Waals surface area (Å²) in [6.07, 6.45) is 2.00. The van der Waals surface area contributed by atoms with Crippen LogP contribution in [0, 0.1) is 10.1 Å². The Bertz CT molecular complexity index is 782. The van der Waals surface area contributed by atoms with Crippen LogP contribution in [0.15, 0.2) is 15.0 Å².